The van der Waals surface area contributed by atoms with Gasteiger partial charge in [-0.2, -0.15) is 0 Å². The molecule has 9 heteroatoms. The van der Waals surface area contributed by atoms with Crippen molar-refractivity contribution < 1.29 is 42.9 Å². The summed E-state index contributed by atoms with van der Waals surface area (Å²) in [5.41, 5.74) is 0. The molecule has 0 bridgehead atoms. The molecule has 0 aliphatic carbocycles. The predicted molar refractivity (Wildman–Crippen MR) is 341 cm³/mol. The monoisotopic (exact) mass is 1130 g/mol. The third kappa shape index (κ3) is 62.8. The molecule has 468 valence electrons. The average molecular weight is 1130 g/mol. The first-order chi connectivity index (χ1) is 39.1. The molecule has 0 fully saturated rings. The smallest absolute Gasteiger partial charge is 0.361 e. The topological polar surface area (TPSA) is 108 Å². The second kappa shape index (κ2) is 62.3. The number of aliphatic carboxylic acids is 1. The molecule has 2 unspecified atom stereocenters. The summed E-state index contributed by atoms with van der Waals surface area (Å²) in [4.78, 5) is 37.5. The van der Waals surface area contributed by atoms with Crippen LogP contribution >= 0.6 is 0 Å². The van der Waals surface area contributed by atoms with Gasteiger partial charge in [-0.05, 0) is 77.0 Å². The van der Waals surface area contributed by atoms with E-state index < -0.39 is 18.4 Å². The van der Waals surface area contributed by atoms with Crippen LogP contribution in [0.3, 0.4) is 0 Å². The minimum atomic E-state index is -1.51. The second-order valence-corrected chi connectivity index (χ2v) is 24.5. The van der Waals surface area contributed by atoms with Crippen LogP contribution in [0.2, 0.25) is 0 Å². The molecule has 80 heavy (non-hydrogen) atoms. The zero-order chi connectivity index (χ0) is 58.3. The van der Waals surface area contributed by atoms with Crippen LogP contribution in [-0.4, -0.2) is 87.4 Å². The Bertz CT molecular complexity index is 1450. The molecule has 0 aromatic rings. The summed E-state index contributed by atoms with van der Waals surface area (Å²) in [6, 6.07) is 0. The maximum atomic E-state index is 12.9. The quantitative estimate of drug-likeness (QED) is 0.0211. The van der Waals surface area contributed by atoms with Gasteiger partial charge in [0.15, 0.2) is 6.10 Å². The zero-order valence-corrected chi connectivity index (χ0v) is 53.5. The van der Waals surface area contributed by atoms with Crippen molar-refractivity contribution in [1.29, 1.82) is 0 Å². The molecular weight excluding hydrogens is 995 g/mol. The molecule has 0 amide bonds. The van der Waals surface area contributed by atoms with Crippen molar-refractivity contribution in [3.8, 4) is 0 Å². The zero-order valence-electron chi connectivity index (χ0n) is 53.5. The maximum Gasteiger partial charge on any atom is 0.361 e. The lowest BCUT2D eigenvalue weighted by molar-refractivity contribution is -0.870. The Kier molecular flexibility index (Phi) is 60.2. The highest BCUT2D eigenvalue weighted by Crippen LogP contribution is 2.18. The van der Waals surface area contributed by atoms with Gasteiger partial charge in [-0.15, -0.1) is 0 Å². The van der Waals surface area contributed by atoms with E-state index in [1.807, 2.05) is 21.1 Å². The van der Waals surface area contributed by atoms with E-state index >= 15 is 0 Å². The Hall–Kier alpha value is -2.75. The molecule has 0 rings (SSSR count). The van der Waals surface area contributed by atoms with Gasteiger partial charge in [0.25, 0.3) is 6.29 Å². The van der Waals surface area contributed by atoms with Crippen molar-refractivity contribution in [2.45, 2.75) is 341 Å². The van der Waals surface area contributed by atoms with Gasteiger partial charge in [0.2, 0.25) is 0 Å². The van der Waals surface area contributed by atoms with Crippen LogP contribution in [-0.2, 0) is 33.3 Å². The number of quaternary nitrogens is 1. The Labute approximate surface area is 495 Å². The number of hydrogen-bond donors (Lipinski definition) is 1. The third-order valence-electron chi connectivity index (χ3n) is 15.3. The molecule has 0 aromatic heterocycles. The van der Waals surface area contributed by atoms with Crippen molar-refractivity contribution in [2.24, 2.45) is 0 Å². The lowest BCUT2D eigenvalue weighted by Gasteiger charge is -2.25. The maximum absolute atomic E-state index is 12.9. The number of rotatable bonds is 64. The normalized spacial score (nSPS) is 13.0. The summed E-state index contributed by atoms with van der Waals surface area (Å²) in [5.74, 6) is -1.99. The first-order valence-electron chi connectivity index (χ1n) is 34.3. The number of ether oxygens (including phenoxy) is 4. The Balaban J connectivity index is 4.01. The van der Waals surface area contributed by atoms with Crippen molar-refractivity contribution in [2.75, 3.05) is 47.5 Å². The molecule has 0 aliphatic heterocycles. The fraction of sp³-hybridized carbons (Fsp3) is 0.845. The standard InChI is InChI=1S/C71H131NO8/c1-6-8-10-12-14-16-18-20-22-24-26-27-28-29-30-31-32-33-34-35-36-37-38-39-40-41-42-43-44-46-48-50-52-54-56-58-60-62-69(74)80-67(66-79-71(70(75)76)77-64-63-72(3,4)5)65-78-68(73)61-59-57-55-53-51-49-47-45-25-23-21-19-17-15-13-11-9-7-2/h18,20,23-26,28-29,67,71H,6-17,19,21-22,27,30-66H2,1-5H3/p+1/b20-18-,25-23-,26-24-,29-28-. The number of allylic oxidation sites excluding steroid dienone is 8. The fourth-order valence-corrected chi connectivity index (χ4v) is 10.0. The first kappa shape index (κ1) is 77.2. The van der Waals surface area contributed by atoms with E-state index in [0.717, 1.165) is 51.4 Å². The van der Waals surface area contributed by atoms with Crippen LogP contribution in [0.4, 0.5) is 0 Å². The largest absolute Gasteiger partial charge is 0.477 e. The van der Waals surface area contributed by atoms with Crippen LogP contribution < -0.4 is 0 Å². The van der Waals surface area contributed by atoms with Gasteiger partial charge in [0, 0.05) is 12.8 Å². The number of carbonyl (C=O) groups excluding carboxylic acids is 2. The highest BCUT2D eigenvalue weighted by molar-refractivity contribution is 5.71. The van der Waals surface area contributed by atoms with E-state index in [-0.39, 0.29) is 38.2 Å². The van der Waals surface area contributed by atoms with Gasteiger partial charge < -0.3 is 28.5 Å². The summed E-state index contributed by atoms with van der Waals surface area (Å²) < 4.78 is 23.0. The number of nitrogens with zero attached hydrogens (tertiary/aromatic N) is 1. The van der Waals surface area contributed by atoms with Crippen LogP contribution in [0.5, 0.6) is 0 Å². The molecule has 0 spiro atoms. The van der Waals surface area contributed by atoms with Crippen molar-refractivity contribution in [3.05, 3.63) is 48.6 Å². The van der Waals surface area contributed by atoms with E-state index in [1.54, 1.807) is 0 Å². The third-order valence-corrected chi connectivity index (χ3v) is 15.3. The number of likely N-dealkylation sites (N-methyl/N-ethyl adjacent to an activating group) is 1. The predicted octanol–water partition coefficient (Wildman–Crippen LogP) is 21.0. The van der Waals surface area contributed by atoms with Crippen molar-refractivity contribution in [1.82, 2.24) is 0 Å². The van der Waals surface area contributed by atoms with Crippen LogP contribution in [0, 0.1) is 0 Å². The Morgan fingerprint density at radius 3 is 1.01 bits per heavy atom. The molecular formula is C71H132NO8+. The highest BCUT2D eigenvalue weighted by atomic mass is 16.7. The summed E-state index contributed by atoms with van der Waals surface area (Å²) in [5, 5.41) is 9.73. The highest BCUT2D eigenvalue weighted by Gasteiger charge is 2.25. The molecule has 0 aromatic carbocycles. The van der Waals surface area contributed by atoms with Gasteiger partial charge in [-0.1, -0.05) is 287 Å². The first-order valence-corrected chi connectivity index (χ1v) is 34.3. The molecule has 9 nitrogen and oxygen atoms in total. The molecule has 2 atom stereocenters. The molecule has 0 aliphatic rings. The van der Waals surface area contributed by atoms with E-state index in [4.69, 9.17) is 18.9 Å². The van der Waals surface area contributed by atoms with E-state index in [2.05, 4.69) is 62.5 Å². The Morgan fingerprint density at radius 1 is 0.375 bits per heavy atom. The number of unbranched alkanes of at least 4 members (excludes halogenated alkanes) is 41. The van der Waals surface area contributed by atoms with Gasteiger partial charge in [-0.3, -0.25) is 9.59 Å². The number of esters is 2. The molecule has 0 saturated carbocycles. The number of carboxylic acid groups (broad SMARTS) is 1. The fourth-order valence-electron chi connectivity index (χ4n) is 10.0. The molecule has 0 heterocycles. The molecule has 0 saturated heterocycles. The van der Waals surface area contributed by atoms with E-state index in [0.29, 0.717) is 17.4 Å². The minimum Gasteiger partial charge on any atom is -0.477 e. The van der Waals surface area contributed by atoms with Crippen molar-refractivity contribution >= 4 is 17.9 Å². The van der Waals surface area contributed by atoms with E-state index in [1.165, 1.54) is 250 Å². The average Bonchev–Trinajstić information content (AvgIpc) is 3.43. The van der Waals surface area contributed by atoms with Gasteiger partial charge in [-0.25, -0.2) is 4.79 Å². The summed E-state index contributed by atoms with van der Waals surface area (Å²) >= 11 is 0. The number of carboxylic acids is 1. The lowest BCUT2D eigenvalue weighted by atomic mass is 10.0. The van der Waals surface area contributed by atoms with Crippen LogP contribution in [0.15, 0.2) is 48.6 Å². The molecule has 0 radical (unpaired) electrons. The summed E-state index contributed by atoms with van der Waals surface area (Å²) in [6.07, 6.45) is 76.6. The number of carbonyl (C=O) groups is 3. The van der Waals surface area contributed by atoms with Crippen LogP contribution in [0.1, 0.15) is 328 Å². The van der Waals surface area contributed by atoms with Crippen molar-refractivity contribution in [3.63, 3.8) is 0 Å². The van der Waals surface area contributed by atoms with Crippen LogP contribution in [0.25, 0.3) is 0 Å². The summed E-state index contributed by atoms with van der Waals surface area (Å²) in [6.45, 7) is 4.90. The number of hydrogen-bond acceptors (Lipinski definition) is 7. The Morgan fingerprint density at radius 2 is 0.675 bits per heavy atom. The second-order valence-electron chi connectivity index (χ2n) is 24.5. The SMILES string of the molecule is CCCCCCC/C=C\C/C=C\C/C=C\CCCCCCCCCCCCCCCCCCCCCCCCC(=O)OC(COC(=O)CCCCCCCCC/C=C\CCCCCCCCC)COC(OCC[N+](C)(C)C)C(=O)O. The lowest BCUT2D eigenvalue weighted by Crippen LogP contribution is -2.40. The summed E-state index contributed by atoms with van der Waals surface area (Å²) in [7, 11) is 5.98. The minimum absolute atomic E-state index is 0.180. The van der Waals surface area contributed by atoms with Gasteiger partial charge >= 0.3 is 17.9 Å². The van der Waals surface area contributed by atoms with Gasteiger partial charge in [0.05, 0.1) is 34.4 Å². The van der Waals surface area contributed by atoms with Gasteiger partial charge in [0.1, 0.15) is 13.2 Å². The molecule has 1 N–H and O–H groups in total. The van der Waals surface area contributed by atoms with E-state index in [9.17, 15) is 19.5 Å².